The summed E-state index contributed by atoms with van der Waals surface area (Å²) in [5.74, 6) is -0.172. The van der Waals surface area contributed by atoms with Crippen LogP contribution in [0.2, 0.25) is 0 Å². The third-order valence-corrected chi connectivity index (χ3v) is 7.70. The van der Waals surface area contributed by atoms with Gasteiger partial charge in [-0.1, -0.05) is 17.3 Å². The van der Waals surface area contributed by atoms with Gasteiger partial charge in [0.25, 0.3) is 5.91 Å². The average Bonchev–Trinajstić information content (AvgIpc) is 3.66. The van der Waals surface area contributed by atoms with Gasteiger partial charge in [0, 0.05) is 61.3 Å². The van der Waals surface area contributed by atoms with Gasteiger partial charge < -0.3 is 23.7 Å². The molecule has 200 valence electrons. The molecule has 8 nitrogen and oxygen atoms in total. The number of pyridine rings is 1. The third-order valence-electron chi connectivity index (χ3n) is 7.70. The van der Waals surface area contributed by atoms with Crippen molar-refractivity contribution in [3.05, 3.63) is 77.3 Å². The Kier molecular flexibility index (Phi) is 5.31. The van der Waals surface area contributed by atoms with E-state index in [2.05, 4.69) is 21.1 Å². The maximum Gasteiger partial charge on any atom is 0.255 e. The highest BCUT2D eigenvalue weighted by molar-refractivity contribution is 6.12. The summed E-state index contributed by atoms with van der Waals surface area (Å²) in [4.78, 5) is 20.3. The van der Waals surface area contributed by atoms with Crippen LogP contribution in [0.5, 0.6) is 0 Å². The van der Waals surface area contributed by atoms with Gasteiger partial charge in [-0.15, -0.1) is 0 Å². The van der Waals surface area contributed by atoms with Crippen molar-refractivity contribution < 1.29 is 18.1 Å². The van der Waals surface area contributed by atoms with Crippen molar-refractivity contribution in [2.75, 3.05) is 26.0 Å². The molecule has 0 spiro atoms. The molecular formula is C31H26FN5O3. The molecular weight excluding hydrogens is 509 g/mol. The summed E-state index contributed by atoms with van der Waals surface area (Å²) in [6.45, 7) is 2.62. The van der Waals surface area contributed by atoms with Crippen LogP contribution >= 0.6 is 0 Å². The van der Waals surface area contributed by atoms with Crippen molar-refractivity contribution in [1.82, 2.24) is 20.0 Å². The Labute approximate surface area is 229 Å². The van der Waals surface area contributed by atoms with Crippen LogP contribution in [-0.4, -0.2) is 41.8 Å². The number of carbonyl (C=O) groups excluding carboxylic acids is 1. The van der Waals surface area contributed by atoms with Crippen LogP contribution in [0.1, 0.15) is 21.5 Å². The van der Waals surface area contributed by atoms with Crippen LogP contribution in [0.25, 0.3) is 56.0 Å². The molecule has 4 aromatic heterocycles. The Bertz CT molecular complexity index is 1980. The molecule has 40 heavy (non-hydrogen) atoms. The number of hydrogen-bond acceptors (Lipinski definition) is 6. The first kappa shape index (κ1) is 24.1. The predicted molar refractivity (Wildman–Crippen MR) is 152 cm³/mol. The van der Waals surface area contributed by atoms with Crippen LogP contribution in [0.4, 0.5) is 10.1 Å². The van der Waals surface area contributed by atoms with Gasteiger partial charge in [-0.2, -0.15) is 0 Å². The minimum absolute atomic E-state index is 0.239. The average molecular weight is 536 g/mol. The van der Waals surface area contributed by atoms with E-state index in [0.29, 0.717) is 33.4 Å². The van der Waals surface area contributed by atoms with E-state index < -0.39 is 0 Å². The maximum absolute atomic E-state index is 14.7. The van der Waals surface area contributed by atoms with Gasteiger partial charge in [-0.3, -0.25) is 4.79 Å². The summed E-state index contributed by atoms with van der Waals surface area (Å²) in [6.07, 6.45) is 2.33. The number of halogens is 1. The van der Waals surface area contributed by atoms with Crippen molar-refractivity contribution in [3.8, 4) is 34.1 Å². The third kappa shape index (κ3) is 3.47. The summed E-state index contributed by atoms with van der Waals surface area (Å²) in [7, 11) is 5.49. The predicted octanol–water partition coefficient (Wildman–Crippen LogP) is 6.20. The molecule has 2 aromatic carbocycles. The molecule has 7 rings (SSSR count). The molecule has 6 aromatic rings. The summed E-state index contributed by atoms with van der Waals surface area (Å²) >= 11 is 0. The van der Waals surface area contributed by atoms with Crippen molar-refractivity contribution in [2.24, 2.45) is 0 Å². The molecule has 0 bridgehead atoms. The van der Waals surface area contributed by atoms with E-state index in [4.69, 9.17) is 13.9 Å². The summed E-state index contributed by atoms with van der Waals surface area (Å²) in [5, 5.41) is 8.06. The monoisotopic (exact) mass is 535 g/mol. The second-order valence-corrected chi connectivity index (χ2v) is 10.3. The van der Waals surface area contributed by atoms with Crippen LogP contribution in [0.3, 0.4) is 0 Å². The van der Waals surface area contributed by atoms with Gasteiger partial charge in [0.15, 0.2) is 11.5 Å². The van der Waals surface area contributed by atoms with Crippen molar-refractivity contribution in [2.45, 2.75) is 19.9 Å². The lowest BCUT2D eigenvalue weighted by Crippen LogP contribution is -2.18. The van der Waals surface area contributed by atoms with Crippen molar-refractivity contribution in [3.63, 3.8) is 0 Å². The number of carbonyl (C=O) groups is 1. The van der Waals surface area contributed by atoms with Crippen LogP contribution in [0, 0.1) is 12.7 Å². The second-order valence-electron chi connectivity index (χ2n) is 10.3. The van der Waals surface area contributed by atoms with E-state index in [9.17, 15) is 9.18 Å². The lowest BCUT2D eigenvalue weighted by atomic mass is 9.98. The van der Waals surface area contributed by atoms with Crippen LogP contribution < -0.4 is 10.2 Å². The van der Waals surface area contributed by atoms with E-state index in [1.54, 1.807) is 13.1 Å². The quantitative estimate of drug-likeness (QED) is 0.289. The smallest absolute Gasteiger partial charge is 0.255 e. The Balaban J connectivity index is 1.47. The topological polar surface area (TPSA) is 89.3 Å². The zero-order valence-corrected chi connectivity index (χ0v) is 22.5. The number of benzene rings is 2. The minimum atomic E-state index is -0.287. The summed E-state index contributed by atoms with van der Waals surface area (Å²) in [5.41, 5.74) is 8.36. The van der Waals surface area contributed by atoms with E-state index >= 15 is 0 Å². The number of aromatic nitrogens is 3. The zero-order chi connectivity index (χ0) is 27.7. The van der Waals surface area contributed by atoms with Gasteiger partial charge >= 0.3 is 0 Å². The molecule has 0 atom stereocenters. The lowest BCUT2D eigenvalue weighted by Gasteiger charge is -2.22. The number of aryl methyl sites for hydroxylation is 3. The normalized spacial score (nSPS) is 12.5. The first-order chi connectivity index (χ1) is 19.4. The minimum Gasteiger partial charge on any atom is -0.453 e. The molecule has 1 aliphatic rings. The molecule has 5 heterocycles. The Morgan fingerprint density at radius 2 is 1.95 bits per heavy atom. The fraction of sp³-hybridized carbons (Fsp3) is 0.194. The standard InChI is InChI=1S/C31H26FN5O3/c1-16-15-39-35-28(16)30-27(31(38)33-2)20-12-19(24(36(3)4)14-26(20)40-30)22-9-8-17-10-11-37-23-7-5-6-21(32)18(23)13-25(37)29(17)34-22/h5-9,12-15H,10-11H2,1-4H3,(H,33,38). The molecule has 0 unspecified atom stereocenters. The number of amides is 1. The fourth-order valence-electron chi connectivity index (χ4n) is 5.71. The van der Waals surface area contributed by atoms with Crippen molar-refractivity contribution in [1.29, 1.82) is 0 Å². The number of hydrogen-bond donors (Lipinski definition) is 1. The molecule has 1 amide bonds. The fourth-order valence-corrected chi connectivity index (χ4v) is 5.71. The Morgan fingerprint density at radius 3 is 2.70 bits per heavy atom. The van der Waals surface area contributed by atoms with E-state index in [-0.39, 0.29) is 11.7 Å². The number of nitrogens with one attached hydrogen (secondary N) is 1. The van der Waals surface area contributed by atoms with Gasteiger partial charge in [-0.25, -0.2) is 9.37 Å². The van der Waals surface area contributed by atoms with Crippen molar-refractivity contribution >= 4 is 33.5 Å². The first-order valence-electron chi connectivity index (χ1n) is 13.1. The van der Waals surface area contributed by atoms with E-state index in [1.807, 2.05) is 56.3 Å². The second kappa shape index (κ2) is 8.81. The molecule has 9 heteroatoms. The number of fused-ring (bicyclic) bond motifs is 6. The lowest BCUT2D eigenvalue weighted by molar-refractivity contribution is 0.0964. The number of nitrogens with zero attached hydrogens (tertiary/aromatic N) is 4. The molecule has 0 saturated heterocycles. The van der Waals surface area contributed by atoms with Crippen LogP contribution in [0.15, 0.2) is 63.7 Å². The highest BCUT2D eigenvalue weighted by Gasteiger charge is 2.27. The summed E-state index contributed by atoms with van der Waals surface area (Å²) in [6, 6.07) is 15.0. The molecule has 1 aliphatic heterocycles. The Hall–Kier alpha value is -4.92. The highest BCUT2D eigenvalue weighted by atomic mass is 19.1. The first-order valence-corrected chi connectivity index (χ1v) is 13.1. The van der Waals surface area contributed by atoms with Gasteiger partial charge in [0.1, 0.15) is 17.7 Å². The molecule has 1 N–H and O–H groups in total. The number of furan rings is 1. The number of anilines is 1. The van der Waals surface area contributed by atoms with Gasteiger partial charge in [0.2, 0.25) is 0 Å². The molecule has 0 fully saturated rings. The SMILES string of the molecule is CNC(=O)c1c(-c2nocc2C)oc2cc(N(C)C)c(-c3ccc4c(n3)-c3cc5c(F)cccc5n3CC4)cc12. The highest BCUT2D eigenvalue weighted by Crippen LogP contribution is 2.42. The molecule has 0 saturated carbocycles. The maximum atomic E-state index is 14.7. The zero-order valence-electron chi connectivity index (χ0n) is 22.5. The largest absolute Gasteiger partial charge is 0.453 e. The van der Waals surface area contributed by atoms with Gasteiger partial charge in [0.05, 0.1) is 28.2 Å². The van der Waals surface area contributed by atoms with Crippen LogP contribution in [-0.2, 0) is 13.0 Å². The number of rotatable bonds is 4. The summed E-state index contributed by atoms with van der Waals surface area (Å²) < 4.78 is 28.2. The van der Waals surface area contributed by atoms with E-state index in [1.165, 1.54) is 12.3 Å². The Morgan fingerprint density at radius 1 is 1.10 bits per heavy atom. The molecule has 0 aliphatic carbocycles. The van der Waals surface area contributed by atoms with Gasteiger partial charge in [-0.05, 0) is 49.2 Å². The molecule has 0 radical (unpaired) electrons. The van der Waals surface area contributed by atoms with E-state index in [0.717, 1.165) is 57.9 Å².